The molecule has 4 heteroatoms. The molecule has 0 radical (unpaired) electrons. The summed E-state index contributed by atoms with van der Waals surface area (Å²) in [5, 5.41) is 0.656. The summed E-state index contributed by atoms with van der Waals surface area (Å²) >= 11 is 7.34. The molecule has 0 aliphatic heterocycles. The van der Waals surface area contributed by atoms with E-state index in [1.165, 1.54) is 0 Å². The highest BCUT2D eigenvalue weighted by Crippen LogP contribution is 2.15. The van der Waals surface area contributed by atoms with Crippen molar-refractivity contribution < 1.29 is 9.53 Å². The summed E-state index contributed by atoms with van der Waals surface area (Å²) < 4.78 is 5.08. The van der Waals surface area contributed by atoms with Gasteiger partial charge in [-0.15, -0.1) is 0 Å². The van der Waals surface area contributed by atoms with Crippen molar-refractivity contribution in [2.75, 3.05) is 6.61 Å². The lowest BCUT2D eigenvalue weighted by Gasteiger charge is -2.01. The van der Waals surface area contributed by atoms with Gasteiger partial charge < -0.3 is 4.74 Å². The minimum absolute atomic E-state index is 0.0254. The average Bonchev–Trinajstić information content (AvgIpc) is 2.03. The Morgan fingerprint density at radius 3 is 2.50 bits per heavy atom. The lowest BCUT2D eigenvalue weighted by molar-refractivity contribution is -0.111. The molecule has 0 spiro atoms. The quantitative estimate of drug-likeness (QED) is 0.633. The molecule has 0 aliphatic rings. The third kappa shape index (κ3) is 3.40. The van der Waals surface area contributed by atoms with Crippen LogP contribution in [0.4, 0.5) is 0 Å². The molecule has 0 bridgehead atoms. The van der Waals surface area contributed by atoms with Crippen molar-refractivity contribution in [1.82, 2.24) is 0 Å². The normalized spacial score (nSPS) is 9.50. The Labute approximate surface area is 89.0 Å². The van der Waals surface area contributed by atoms with E-state index in [1.54, 1.807) is 46.9 Å². The second kappa shape index (κ2) is 4.67. The Kier molecular flexibility index (Phi) is 3.81. The largest absolute Gasteiger partial charge is 0.485 e. The van der Waals surface area contributed by atoms with E-state index in [0.29, 0.717) is 10.8 Å². The molecule has 0 unspecified atom stereocenters. The van der Waals surface area contributed by atoms with Crippen molar-refractivity contribution in [1.29, 1.82) is 0 Å². The van der Waals surface area contributed by atoms with Gasteiger partial charge in [0.15, 0.2) is 6.61 Å². The van der Waals surface area contributed by atoms with Crippen molar-refractivity contribution in [2.24, 2.45) is 0 Å². The maximum absolute atomic E-state index is 10.5. The van der Waals surface area contributed by atoms with Crippen LogP contribution in [0.2, 0.25) is 5.02 Å². The van der Waals surface area contributed by atoms with Gasteiger partial charge in [0.05, 0.1) is 0 Å². The van der Waals surface area contributed by atoms with Crippen molar-refractivity contribution in [3.63, 3.8) is 0 Å². The molecule has 2 nitrogen and oxygen atoms in total. The maximum Gasteiger partial charge on any atom is 0.229 e. The van der Waals surface area contributed by atoms with E-state index in [4.69, 9.17) is 16.3 Å². The van der Waals surface area contributed by atoms with Gasteiger partial charge in [-0.2, -0.15) is 0 Å². The summed E-state index contributed by atoms with van der Waals surface area (Å²) in [5.74, 6) is 0.657. The lowest BCUT2D eigenvalue weighted by atomic mass is 10.3. The number of carbonyl (C=O) groups is 1. The SMILES string of the molecule is O=C(I)COc1ccc(Cl)cc1. The number of ether oxygens (including phenoxy) is 1. The van der Waals surface area contributed by atoms with Gasteiger partial charge in [0, 0.05) is 27.6 Å². The van der Waals surface area contributed by atoms with Crippen LogP contribution in [-0.4, -0.2) is 10.4 Å². The summed E-state index contributed by atoms with van der Waals surface area (Å²) in [4.78, 5) is 10.5. The first-order valence-electron chi connectivity index (χ1n) is 3.25. The van der Waals surface area contributed by atoms with E-state index in [2.05, 4.69) is 0 Å². The second-order valence-electron chi connectivity index (χ2n) is 2.10. The fourth-order valence-corrected chi connectivity index (χ4v) is 0.953. The molecule has 0 aliphatic carbocycles. The third-order valence-corrected chi connectivity index (χ3v) is 1.73. The molecule has 0 aromatic heterocycles. The zero-order valence-corrected chi connectivity index (χ0v) is 9.00. The minimum Gasteiger partial charge on any atom is -0.485 e. The standard InChI is InChI=1S/C8H6ClIO2/c9-6-1-3-7(4-2-6)12-5-8(10)11/h1-4H,5H2. The highest BCUT2D eigenvalue weighted by Gasteiger charge is 1.96. The zero-order valence-electron chi connectivity index (χ0n) is 6.09. The number of hydrogen-bond acceptors (Lipinski definition) is 2. The number of hydrogen-bond donors (Lipinski definition) is 0. The molecule has 0 atom stereocenters. The van der Waals surface area contributed by atoms with Crippen molar-refractivity contribution in [2.45, 2.75) is 0 Å². The van der Waals surface area contributed by atoms with Gasteiger partial charge in [-0.1, -0.05) is 11.6 Å². The van der Waals surface area contributed by atoms with E-state index in [0.717, 1.165) is 0 Å². The Morgan fingerprint density at radius 1 is 1.42 bits per heavy atom. The molecule has 1 aromatic carbocycles. The third-order valence-electron chi connectivity index (χ3n) is 1.17. The maximum atomic E-state index is 10.5. The highest BCUT2D eigenvalue weighted by molar-refractivity contribution is 14.1. The van der Waals surface area contributed by atoms with Gasteiger partial charge in [-0.3, -0.25) is 4.79 Å². The predicted octanol–water partition coefficient (Wildman–Crippen LogP) is 2.68. The summed E-state index contributed by atoms with van der Waals surface area (Å²) in [6.45, 7) is 0.0994. The van der Waals surface area contributed by atoms with Crippen LogP contribution in [0.3, 0.4) is 0 Å². The monoisotopic (exact) mass is 296 g/mol. The smallest absolute Gasteiger partial charge is 0.229 e. The zero-order chi connectivity index (χ0) is 8.97. The van der Waals surface area contributed by atoms with Crippen molar-refractivity contribution >= 4 is 38.0 Å². The van der Waals surface area contributed by atoms with E-state index >= 15 is 0 Å². The molecular weight excluding hydrogens is 290 g/mol. The Hall–Kier alpha value is -0.290. The van der Waals surface area contributed by atoms with Gasteiger partial charge in [0.1, 0.15) is 5.75 Å². The van der Waals surface area contributed by atoms with Gasteiger partial charge >= 0.3 is 0 Å². The average molecular weight is 296 g/mol. The van der Waals surface area contributed by atoms with Crippen LogP contribution in [0, 0.1) is 0 Å². The molecule has 0 saturated heterocycles. The van der Waals surface area contributed by atoms with Crippen LogP contribution in [0.1, 0.15) is 0 Å². The van der Waals surface area contributed by atoms with Crippen molar-refractivity contribution in [3.8, 4) is 5.75 Å². The van der Waals surface area contributed by atoms with Crippen LogP contribution < -0.4 is 4.74 Å². The highest BCUT2D eigenvalue weighted by atomic mass is 127. The molecule has 64 valence electrons. The van der Waals surface area contributed by atoms with Gasteiger partial charge in [-0.25, -0.2) is 0 Å². The summed E-state index contributed by atoms with van der Waals surface area (Å²) in [7, 11) is 0. The molecule has 1 aromatic rings. The first-order chi connectivity index (χ1) is 5.68. The Balaban J connectivity index is 2.53. The topological polar surface area (TPSA) is 26.3 Å². The molecule has 1 rings (SSSR count). The lowest BCUT2D eigenvalue weighted by Crippen LogP contribution is -2.03. The number of halogens is 2. The van der Waals surface area contributed by atoms with Gasteiger partial charge in [0.25, 0.3) is 0 Å². The fraction of sp³-hybridized carbons (Fsp3) is 0.125. The molecule has 0 saturated carbocycles. The van der Waals surface area contributed by atoms with Crippen molar-refractivity contribution in [3.05, 3.63) is 29.3 Å². The Morgan fingerprint density at radius 2 is 2.00 bits per heavy atom. The number of carbonyl (C=O) groups excluding carboxylic acids is 1. The Bertz CT molecular complexity index is 271. The summed E-state index contributed by atoms with van der Waals surface area (Å²) in [6.07, 6.45) is 0. The molecular formula is C8H6ClIO2. The second-order valence-corrected chi connectivity index (χ2v) is 3.74. The van der Waals surface area contributed by atoms with E-state index in [9.17, 15) is 4.79 Å². The van der Waals surface area contributed by atoms with E-state index in [1.807, 2.05) is 0 Å². The van der Waals surface area contributed by atoms with Crippen LogP contribution in [0.15, 0.2) is 24.3 Å². The summed E-state index contributed by atoms with van der Waals surface area (Å²) in [6, 6.07) is 6.88. The van der Waals surface area contributed by atoms with Crippen LogP contribution in [0.25, 0.3) is 0 Å². The first-order valence-corrected chi connectivity index (χ1v) is 4.71. The van der Waals surface area contributed by atoms with E-state index < -0.39 is 0 Å². The molecule has 0 heterocycles. The fourth-order valence-electron chi connectivity index (χ4n) is 0.671. The van der Waals surface area contributed by atoms with Crippen LogP contribution in [0.5, 0.6) is 5.75 Å². The summed E-state index contributed by atoms with van der Waals surface area (Å²) in [5.41, 5.74) is 0. The first kappa shape index (κ1) is 9.80. The van der Waals surface area contributed by atoms with Crippen LogP contribution >= 0.6 is 34.2 Å². The molecule has 0 amide bonds. The number of benzene rings is 1. The van der Waals surface area contributed by atoms with Gasteiger partial charge in [-0.05, 0) is 24.3 Å². The number of rotatable bonds is 3. The van der Waals surface area contributed by atoms with Crippen LogP contribution in [-0.2, 0) is 4.79 Å². The molecule has 0 fully saturated rings. The minimum atomic E-state index is -0.0254. The molecule has 12 heavy (non-hydrogen) atoms. The van der Waals surface area contributed by atoms with Gasteiger partial charge in [0.2, 0.25) is 3.79 Å². The predicted molar refractivity (Wildman–Crippen MR) is 56.0 cm³/mol. The molecule has 0 N–H and O–H groups in total. The van der Waals surface area contributed by atoms with E-state index in [-0.39, 0.29) is 10.4 Å².